The summed E-state index contributed by atoms with van der Waals surface area (Å²) < 4.78 is 0. The molecule has 1 saturated carbocycles. The SMILES string of the molecule is Cc1ccccc1SCC(=O)N[C@@H]1[C@H]2Cc3ccccc3[C@H]21. The van der Waals surface area contributed by atoms with Gasteiger partial charge in [0.05, 0.1) is 5.75 Å². The van der Waals surface area contributed by atoms with E-state index in [4.69, 9.17) is 0 Å². The van der Waals surface area contributed by atoms with E-state index in [1.54, 1.807) is 11.8 Å². The van der Waals surface area contributed by atoms with Gasteiger partial charge in [0.2, 0.25) is 5.91 Å². The number of aryl methyl sites for hydroxylation is 1. The fourth-order valence-electron chi connectivity index (χ4n) is 3.64. The lowest BCUT2D eigenvalue weighted by molar-refractivity contribution is -0.118. The lowest BCUT2D eigenvalue weighted by atomic mass is 10.1. The minimum Gasteiger partial charge on any atom is -0.352 e. The van der Waals surface area contributed by atoms with E-state index in [9.17, 15) is 4.79 Å². The molecule has 2 aromatic carbocycles. The van der Waals surface area contributed by atoms with Crippen LogP contribution in [0, 0.1) is 12.8 Å². The van der Waals surface area contributed by atoms with E-state index < -0.39 is 0 Å². The minimum absolute atomic E-state index is 0.158. The highest BCUT2D eigenvalue weighted by Gasteiger charge is 2.56. The molecule has 0 aromatic heterocycles. The maximum atomic E-state index is 12.2. The number of hydrogen-bond donors (Lipinski definition) is 1. The molecule has 0 radical (unpaired) electrons. The molecular formula is C19H19NOS. The fourth-order valence-corrected chi connectivity index (χ4v) is 4.48. The van der Waals surface area contributed by atoms with Crippen molar-refractivity contribution in [3.05, 3.63) is 65.2 Å². The Balaban J connectivity index is 1.33. The zero-order valence-electron chi connectivity index (χ0n) is 12.6. The molecule has 2 nitrogen and oxygen atoms in total. The summed E-state index contributed by atoms with van der Waals surface area (Å²) in [4.78, 5) is 13.4. The van der Waals surface area contributed by atoms with Crippen LogP contribution in [0.2, 0.25) is 0 Å². The molecule has 3 heteroatoms. The van der Waals surface area contributed by atoms with Gasteiger partial charge in [0.25, 0.3) is 0 Å². The monoisotopic (exact) mass is 309 g/mol. The van der Waals surface area contributed by atoms with E-state index in [1.807, 2.05) is 12.1 Å². The van der Waals surface area contributed by atoms with Gasteiger partial charge in [0.1, 0.15) is 0 Å². The topological polar surface area (TPSA) is 29.1 Å². The molecule has 112 valence electrons. The number of thioether (sulfide) groups is 1. The molecule has 2 aromatic rings. The number of nitrogens with one attached hydrogen (secondary N) is 1. The van der Waals surface area contributed by atoms with Gasteiger partial charge in [-0.05, 0) is 42.0 Å². The average Bonchev–Trinajstić information content (AvgIpc) is 3.04. The van der Waals surface area contributed by atoms with E-state index >= 15 is 0 Å². The van der Waals surface area contributed by atoms with Crippen LogP contribution in [0.1, 0.15) is 22.6 Å². The molecule has 22 heavy (non-hydrogen) atoms. The Morgan fingerprint density at radius 2 is 1.95 bits per heavy atom. The molecule has 0 unspecified atom stereocenters. The smallest absolute Gasteiger partial charge is 0.230 e. The molecule has 3 atom stereocenters. The first-order chi connectivity index (χ1) is 10.7. The molecule has 0 bridgehead atoms. The summed E-state index contributed by atoms with van der Waals surface area (Å²) in [7, 11) is 0. The predicted octanol–water partition coefficient (Wildman–Crippen LogP) is 3.54. The molecule has 0 saturated heterocycles. The van der Waals surface area contributed by atoms with Crippen molar-refractivity contribution < 1.29 is 4.79 Å². The highest BCUT2D eigenvalue weighted by atomic mass is 32.2. The third-order valence-corrected chi connectivity index (χ3v) is 5.99. The summed E-state index contributed by atoms with van der Waals surface area (Å²) in [6, 6.07) is 17.2. The van der Waals surface area contributed by atoms with Crippen LogP contribution in [0.3, 0.4) is 0 Å². The van der Waals surface area contributed by atoms with Gasteiger partial charge in [-0.1, -0.05) is 42.5 Å². The molecular weight excluding hydrogens is 290 g/mol. The van der Waals surface area contributed by atoms with Gasteiger partial charge in [-0.2, -0.15) is 0 Å². The van der Waals surface area contributed by atoms with E-state index in [2.05, 4.69) is 48.6 Å². The van der Waals surface area contributed by atoms with Crippen LogP contribution in [-0.2, 0) is 11.2 Å². The van der Waals surface area contributed by atoms with Gasteiger partial charge in [0, 0.05) is 16.9 Å². The van der Waals surface area contributed by atoms with E-state index in [1.165, 1.54) is 21.6 Å². The highest BCUT2D eigenvalue weighted by Crippen LogP contribution is 2.56. The Labute approximate surface area is 135 Å². The first kappa shape index (κ1) is 13.9. The second-order valence-corrected chi connectivity index (χ2v) is 7.26. The summed E-state index contributed by atoms with van der Waals surface area (Å²) in [6.45, 7) is 2.09. The van der Waals surface area contributed by atoms with Crippen molar-refractivity contribution in [3.63, 3.8) is 0 Å². The Morgan fingerprint density at radius 1 is 1.18 bits per heavy atom. The van der Waals surface area contributed by atoms with Crippen LogP contribution in [0.4, 0.5) is 0 Å². The second-order valence-electron chi connectivity index (χ2n) is 6.24. The fraction of sp³-hybridized carbons (Fsp3) is 0.316. The zero-order chi connectivity index (χ0) is 15.1. The molecule has 0 aliphatic heterocycles. The third-order valence-electron chi connectivity index (χ3n) is 4.82. The largest absolute Gasteiger partial charge is 0.352 e. The van der Waals surface area contributed by atoms with Gasteiger partial charge in [-0.25, -0.2) is 0 Å². The van der Waals surface area contributed by atoms with Crippen molar-refractivity contribution in [3.8, 4) is 0 Å². The van der Waals surface area contributed by atoms with Crippen LogP contribution in [0.15, 0.2) is 53.4 Å². The van der Waals surface area contributed by atoms with Crippen molar-refractivity contribution in [2.75, 3.05) is 5.75 Å². The number of hydrogen-bond acceptors (Lipinski definition) is 2. The van der Waals surface area contributed by atoms with Gasteiger partial charge < -0.3 is 5.32 Å². The summed E-state index contributed by atoms with van der Waals surface area (Å²) in [5.74, 6) is 1.85. The van der Waals surface area contributed by atoms with Crippen LogP contribution in [-0.4, -0.2) is 17.7 Å². The maximum absolute atomic E-state index is 12.2. The van der Waals surface area contributed by atoms with Gasteiger partial charge >= 0.3 is 0 Å². The van der Waals surface area contributed by atoms with Crippen LogP contribution in [0.25, 0.3) is 0 Å². The van der Waals surface area contributed by atoms with E-state index in [0.717, 1.165) is 6.42 Å². The Morgan fingerprint density at radius 3 is 2.82 bits per heavy atom. The summed E-state index contributed by atoms with van der Waals surface area (Å²) in [5, 5.41) is 3.23. The van der Waals surface area contributed by atoms with Gasteiger partial charge in [0.15, 0.2) is 0 Å². The number of benzene rings is 2. The molecule has 4 rings (SSSR count). The summed E-state index contributed by atoms with van der Waals surface area (Å²) >= 11 is 1.63. The first-order valence-electron chi connectivity index (χ1n) is 7.79. The van der Waals surface area contributed by atoms with Crippen molar-refractivity contribution in [1.29, 1.82) is 0 Å². The second kappa shape index (κ2) is 5.47. The van der Waals surface area contributed by atoms with Gasteiger partial charge in [-0.3, -0.25) is 4.79 Å². The first-order valence-corrected chi connectivity index (χ1v) is 8.78. The molecule has 0 heterocycles. The predicted molar refractivity (Wildman–Crippen MR) is 90.2 cm³/mol. The van der Waals surface area contributed by atoms with Crippen LogP contribution >= 0.6 is 11.8 Å². The quantitative estimate of drug-likeness (QED) is 0.875. The molecule has 1 N–H and O–H groups in total. The molecule has 2 aliphatic rings. The minimum atomic E-state index is 0.158. The van der Waals surface area contributed by atoms with Crippen molar-refractivity contribution >= 4 is 17.7 Å². The molecule has 0 spiro atoms. The number of carbonyl (C=O) groups excluding carboxylic acids is 1. The van der Waals surface area contributed by atoms with Crippen LogP contribution in [0.5, 0.6) is 0 Å². The van der Waals surface area contributed by atoms with Crippen molar-refractivity contribution in [2.45, 2.75) is 30.2 Å². The van der Waals surface area contributed by atoms with Gasteiger partial charge in [-0.15, -0.1) is 11.8 Å². The number of fused-ring (bicyclic) bond motifs is 3. The van der Waals surface area contributed by atoms with E-state index in [0.29, 0.717) is 23.6 Å². The maximum Gasteiger partial charge on any atom is 0.230 e. The lowest BCUT2D eigenvalue weighted by Gasteiger charge is -2.10. The Kier molecular flexibility index (Phi) is 3.45. The third kappa shape index (κ3) is 2.44. The normalized spacial score (nSPS) is 24.5. The number of carbonyl (C=O) groups is 1. The molecule has 1 fully saturated rings. The average molecular weight is 309 g/mol. The van der Waals surface area contributed by atoms with E-state index in [-0.39, 0.29) is 5.91 Å². The molecule has 1 amide bonds. The summed E-state index contributed by atoms with van der Waals surface area (Å²) in [6.07, 6.45) is 1.12. The van der Waals surface area contributed by atoms with Crippen LogP contribution < -0.4 is 5.32 Å². The number of rotatable bonds is 4. The van der Waals surface area contributed by atoms with Crippen molar-refractivity contribution in [1.82, 2.24) is 5.32 Å². The summed E-state index contributed by atoms with van der Waals surface area (Å²) in [5.41, 5.74) is 4.15. The Bertz CT molecular complexity index is 727. The Hall–Kier alpha value is -1.74. The standard InChI is InChI=1S/C19H19NOS/c1-12-6-2-5-9-16(12)22-11-17(21)20-19-15-10-13-7-3-4-8-14(13)18(15)19/h2-9,15,18-19H,10-11H2,1H3,(H,20,21)/t15-,18+,19+/m0/s1. The number of amides is 1. The zero-order valence-corrected chi connectivity index (χ0v) is 13.4. The van der Waals surface area contributed by atoms with Crippen molar-refractivity contribution in [2.24, 2.45) is 5.92 Å². The molecule has 2 aliphatic carbocycles. The highest BCUT2D eigenvalue weighted by molar-refractivity contribution is 8.00. The lowest BCUT2D eigenvalue weighted by Crippen LogP contribution is -2.30.